The smallest absolute Gasteiger partial charge is 0.404 e. The fourth-order valence-electron chi connectivity index (χ4n) is 7.60. The second kappa shape index (κ2) is 8.66. The maximum absolute atomic E-state index is 13.5. The van der Waals surface area contributed by atoms with E-state index in [2.05, 4.69) is 29.2 Å². The number of carbonyl (C=O) groups excluding carboxylic acids is 2. The van der Waals surface area contributed by atoms with E-state index in [0.29, 0.717) is 34.2 Å². The minimum absolute atomic E-state index is 0.0382. The molecule has 4 unspecified atom stereocenters. The monoisotopic (exact) mass is 602 g/mol. The summed E-state index contributed by atoms with van der Waals surface area (Å²) in [6, 6.07) is 4.40. The van der Waals surface area contributed by atoms with Crippen LogP contribution in [-0.2, 0) is 9.59 Å². The summed E-state index contributed by atoms with van der Waals surface area (Å²) < 4.78 is 43.6. The molecular weight excluding hydrogens is 572 g/mol. The quantitative estimate of drug-likeness (QED) is 0.414. The highest BCUT2D eigenvalue weighted by molar-refractivity contribution is 14.1. The molecular formula is C26H30F3IN2O3. The number of benzene rings is 1. The van der Waals surface area contributed by atoms with Crippen LogP contribution in [0.4, 0.5) is 18.9 Å². The molecule has 6 atom stereocenters. The maximum atomic E-state index is 13.5. The van der Waals surface area contributed by atoms with Gasteiger partial charge in [0.1, 0.15) is 0 Å². The topological polar surface area (TPSA) is 67.4 Å². The number of ketones is 1. The predicted molar refractivity (Wildman–Crippen MR) is 133 cm³/mol. The fourth-order valence-corrected chi connectivity index (χ4v) is 8.07. The Labute approximate surface area is 216 Å². The zero-order chi connectivity index (χ0) is 25.2. The first kappa shape index (κ1) is 24.9. The van der Waals surface area contributed by atoms with Crippen LogP contribution in [0.25, 0.3) is 0 Å². The molecule has 1 aromatic rings. The summed E-state index contributed by atoms with van der Waals surface area (Å²) in [6.07, 6.45) is 1.90. The van der Waals surface area contributed by atoms with E-state index in [9.17, 15) is 22.8 Å². The van der Waals surface area contributed by atoms with Gasteiger partial charge in [0.25, 0.3) is 0 Å². The third kappa shape index (κ3) is 4.35. The van der Waals surface area contributed by atoms with Crippen LogP contribution >= 0.6 is 22.6 Å². The van der Waals surface area contributed by atoms with Gasteiger partial charge in [-0.1, -0.05) is 13.8 Å². The molecule has 2 N–H and O–H groups in total. The molecule has 1 aromatic carbocycles. The van der Waals surface area contributed by atoms with Crippen LogP contribution in [0, 0.1) is 38.1 Å². The van der Waals surface area contributed by atoms with Gasteiger partial charge in [-0.05, 0) is 96.1 Å². The maximum Gasteiger partial charge on any atom is 0.573 e. The Morgan fingerprint density at radius 3 is 2.69 bits per heavy atom. The molecule has 0 spiro atoms. The average molecular weight is 602 g/mol. The Kier molecular flexibility index (Phi) is 6.16. The number of rotatable bonds is 3. The standard InChI is InChI=1S/C26H30F3IN2O3/c1-24-10-8-18-16(13-31-22-12-15(33)7-9-25(18,22)2)17(24)4-5-19(24)23(34)32-20-6-3-14(30)11-21(20)35-26(27,28)29/h3,6,11-12,16-19,31H,4-5,7-10,13H2,1-2H3,(H,32,34)/t16?,17?,18?,19?,24-,25+/m0/s1. The molecule has 3 fully saturated rings. The average Bonchev–Trinajstić information content (AvgIpc) is 3.12. The van der Waals surface area contributed by atoms with Crippen molar-refractivity contribution in [3.63, 3.8) is 0 Å². The molecule has 0 radical (unpaired) electrons. The minimum Gasteiger partial charge on any atom is -0.404 e. The van der Waals surface area contributed by atoms with Crippen molar-refractivity contribution >= 4 is 40.0 Å². The van der Waals surface area contributed by atoms with Crippen LogP contribution < -0.4 is 15.4 Å². The SMILES string of the molecule is C[C@]12CCC3C(CNC4=CC(=O)CC[C@@]43C)C1CCC2C(=O)Nc1ccc(I)cc1OC(F)(F)F. The number of nitrogens with one attached hydrogen (secondary N) is 2. The molecule has 0 aromatic heterocycles. The molecule has 5 nitrogen and oxygen atoms in total. The first-order valence-electron chi connectivity index (χ1n) is 12.3. The number of anilines is 1. The van der Waals surface area contributed by atoms with E-state index >= 15 is 0 Å². The molecule has 3 aliphatic carbocycles. The lowest BCUT2D eigenvalue weighted by molar-refractivity contribution is -0.274. The van der Waals surface area contributed by atoms with Crippen molar-refractivity contribution in [2.75, 3.05) is 11.9 Å². The van der Waals surface area contributed by atoms with Gasteiger partial charge in [-0.15, -0.1) is 13.2 Å². The van der Waals surface area contributed by atoms with Crippen molar-refractivity contribution in [3.05, 3.63) is 33.5 Å². The van der Waals surface area contributed by atoms with Crippen LogP contribution in [-0.4, -0.2) is 24.6 Å². The van der Waals surface area contributed by atoms with E-state index in [4.69, 9.17) is 0 Å². The summed E-state index contributed by atoms with van der Waals surface area (Å²) in [5.41, 5.74) is 0.857. The first-order valence-corrected chi connectivity index (χ1v) is 13.3. The molecule has 1 heterocycles. The highest BCUT2D eigenvalue weighted by Gasteiger charge is 2.60. The number of fused-ring (bicyclic) bond motifs is 5. The van der Waals surface area contributed by atoms with E-state index in [1.54, 1.807) is 12.1 Å². The van der Waals surface area contributed by atoms with E-state index in [0.717, 1.165) is 37.9 Å². The number of piperidine rings is 1. The van der Waals surface area contributed by atoms with Crippen LogP contribution in [0.1, 0.15) is 52.4 Å². The fraction of sp³-hybridized carbons (Fsp3) is 0.615. The summed E-state index contributed by atoms with van der Waals surface area (Å²) in [5.74, 6) is 0.506. The van der Waals surface area contributed by atoms with Crippen molar-refractivity contribution in [2.45, 2.75) is 58.7 Å². The first-order chi connectivity index (χ1) is 16.4. The second-order valence-electron chi connectivity index (χ2n) is 11.1. The zero-order valence-corrected chi connectivity index (χ0v) is 22.0. The Morgan fingerprint density at radius 1 is 1.17 bits per heavy atom. The lowest BCUT2D eigenvalue weighted by atomic mass is 9.50. The third-order valence-electron chi connectivity index (χ3n) is 9.34. The number of hydrogen-bond donors (Lipinski definition) is 2. The third-order valence-corrected chi connectivity index (χ3v) is 10.0. The van der Waals surface area contributed by atoms with Gasteiger partial charge in [0.05, 0.1) is 5.69 Å². The van der Waals surface area contributed by atoms with Gasteiger partial charge >= 0.3 is 6.36 Å². The Hall–Kier alpha value is -1.78. The van der Waals surface area contributed by atoms with Crippen LogP contribution in [0.15, 0.2) is 30.0 Å². The molecule has 1 saturated heterocycles. The highest BCUT2D eigenvalue weighted by atomic mass is 127. The van der Waals surface area contributed by atoms with Gasteiger partial charge in [-0.25, -0.2) is 0 Å². The Morgan fingerprint density at radius 2 is 1.94 bits per heavy atom. The van der Waals surface area contributed by atoms with Gasteiger partial charge in [0.2, 0.25) is 5.91 Å². The predicted octanol–water partition coefficient (Wildman–Crippen LogP) is 6.04. The number of alkyl halides is 3. The lowest BCUT2D eigenvalue weighted by Crippen LogP contribution is -2.57. The van der Waals surface area contributed by atoms with E-state index in [-0.39, 0.29) is 34.1 Å². The second-order valence-corrected chi connectivity index (χ2v) is 12.3. The van der Waals surface area contributed by atoms with E-state index < -0.39 is 12.1 Å². The van der Waals surface area contributed by atoms with Crippen LogP contribution in [0.2, 0.25) is 0 Å². The van der Waals surface area contributed by atoms with Crippen molar-refractivity contribution in [2.24, 2.45) is 34.5 Å². The van der Waals surface area contributed by atoms with Gasteiger partial charge < -0.3 is 15.4 Å². The summed E-state index contributed by atoms with van der Waals surface area (Å²) in [5, 5.41) is 6.32. The molecule has 1 aliphatic heterocycles. The Balaban J connectivity index is 1.36. The molecule has 4 aliphatic rings. The number of ether oxygens (including phenoxy) is 1. The van der Waals surface area contributed by atoms with E-state index in [1.807, 2.05) is 22.6 Å². The summed E-state index contributed by atoms with van der Waals surface area (Å²) >= 11 is 1.92. The minimum atomic E-state index is -4.84. The van der Waals surface area contributed by atoms with Gasteiger partial charge in [-0.2, -0.15) is 0 Å². The van der Waals surface area contributed by atoms with Crippen LogP contribution in [0.3, 0.4) is 0 Å². The van der Waals surface area contributed by atoms with Crippen molar-refractivity contribution < 1.29 is 27.5 Å². The molecule has 5 rings (SSSR count). The molecule has 35 heavy (non-hydrogen) atoms. The van der Waals surface area contributed by atoms with Crippen molar-refractivity contribution in [3.8, 4) is 5.75 Å². The van der Waals surface area contributed by atoms with Crippen molar-refractivity contribution in [1.82, 2.24) is 5.32 Å². The van der Waals surface area contributed by atoms with Gasteiger partial charge in [0, 0.05) is 39.6 Å². The number of carbonyl (C=O) groups is 2. The normalized spacial score (nSPS) is 36.3. The van der Waals surface area contributed by atoms with Crippen molar-refractivity contribution in [1.29, 1.82) is 0 Å². The lowest BCUT2D eigenvalue weighted by Gasteiger charge is -2.58. The van der Waals surface area contributed by atoms with Gasteiger partial charge in [-0.3, -0.25) is 9.59 Å². The molecule has 2 saturated carbocycles. The molecule has 190 valence electrons. The largest absolute Gasteiger partial charge is 0.573 e. The van der Waals surface area contributed by atoms with Crippen LogP contribution in [0.5, 0.6) is 5.75 Å². The number of halogens is 4. The molecule has 1 amide bonds. The summed E-state index contributed by atoms with van der Waals surface area (Å²) in [7, 11) is 0. The molecule has 9 heteroatoms. The number of hydrogen-bond acceptors (Lipinski definition) is 4. The van der Waals surface area contributed by atoms with E-state index in [1.165, 1.54) is 12.1 Å². The summed E-state index contributed by atoms with van der Waals surface area (Å²) in [6.45, 7) is 5.26. The zero-order valence-electron chi connectivity index (χ0n) is 19.8. The molecule has 0 bridgehead atoms. The van der Waals surface area contributed by atoms with Gasteiger partial charge in [0.15, 0.2) is 11.5 Å². The number of allylic oxidation sites excluding steroid dienone is 2. The highest BCUT2D eigenvalue weighted by Crippen LogP contribution is 2.64. The Bertz CT molecular complexity index is 1090. The summed E-state index contributed by atoms with van der Waals surface area (Å²) in [4.78, 5) is 25.5. The number of amides is 1.